The highest BCUT2D eigenvalue weighted by Crippen LogP contribution is 2.12. The zero-order valence-electron chi connectivity index (χ0n) is 15.7. The summed E-state index contributed by atoms with van der Waals surface area (Å²) in [5.41, 5.74) is 1.27. The van der Waals surface area contributed by atoms with Crippen LogP contribution < -0.4 is 5.32 Å². The Morgan fingerprint density at radius 2 is 1.84 bits per heavy atom. The second-order valence-electron chi connectivity index (χ2n) is 6.60. The van der Waals surface area contributed by atoms with E-state index in [4.69, 9.17) is 0 Å². The molecule has 5 nitrogen and oxygen atoms in total. The van der Waals surface area contributed by atoms with Gasteiger partial charge in [0, 0.05) is 63.9 Å². The molecule has 1 aromatic rings. The number of benzene rings is 1. The van der Waals surface area contributed by atoms with Gasteiger partial charge in [0.1, 0.15) is 0 Å². The van der Waals surface area contributed by atoms with Gasteiger partial charge in [-0.05, 0) is 31.7 Å². The van der Waals surface area contributed by atoms with E-state index in [1.807, 2.05) is 7.05 Å². The minimum absolute atomic E-state index is 0. The van der Waals surface area contributed by atoms with Gasteiger partial charge in [-0.1, -0.05) is 28.1 Å². The van der Waals surface area contributed by atoms with Crippen molar-refractivity contribution in [1.82, 2.24) is 20.0 Å². The lowest BCUT2D eigenvalue weighted by Gasteiger charge is -2.37. The standard InChI is InChI=1S/C18H30BrN5.HI/c1-15(24-11-9-22(3)10-12-24)13-21-18(20-2)23(4)14-16-5-7-17(19)8-6-16;/h5-8,15H,9-14H2,1-4H3,(H,20,21);1H. The Balaban J connectivity index is 0.00000312. The van der Waals surface area contributed by atoms with Crippen LogP contribution in [0.3, 0.4) is 0 Å². The maximum atomic E-state index is 4.43. The smallest absolute Gasteiger partial charge is 0.193 e. The van der Waals surface area contributed by atoms with Crippen LogP contribution in [0.2, 0.25) is 0 Å². The van der Waals surface area contributed by atoms with Crippen molar-refractivity contribution in [2.45, 2.75) is 19.5 Å². The van der Waals surface area contributed by atoms with Crippen LogP contribution in [0.5, 0.6) is 0 Å². The van der Waals surface area contributed by atoms with E-state index in [1.165, 1.54) is 5.56 Å². The molecule has 0 aromatic heterocycles. The molecular weight excluding hydrogens is 493 g/mol. The number of halogens is 2. The number of hydrogen-bond donors (Lipinski definition) is 1. The van der Waals surface area contributed by atoms with Crippen LogP contribution in [-0.2, 0) is 6.54 Å². The van der Waals surface area contributed by atoms with Crippen molar-refractivity contribution in [2.24, 2.45) is 4.99 Å². The van der Waals surface area contributed by atoms with Crippen LogP contribution in [0.4, 0.5) is 0 Å². The van der Waals surface area contributed by atoms with Crippen molar-refractivity contribution >= 4 is 45.9 Å². The Labute approximate surface area is 178 Å². The van der Waals surface area contributed by atoms with Crippen LogP contribution in [0.1, 0.15) is 12.5 Å². The third-order valence-electron chi connectivity index (χ3n) is 4.62. The van der Waals surface area contributed by atoms with Crippen molar-refractivity contribution < 1.29 is 0 Å². The average molecular weight is 524 g/mol. The predicted molar refractivity (Wildman–Crippen MR) is 121 cm³/mol. The summed E-state index contributed by atoms with van der Waals surface area (Å²) in [6.45, 7) is 8.65. The Kier molecular flexibility index (Phi) is 10.3. The number of likely N-dealkylation sites (N-methyl/N-ethyl adjacent to an activating group) is 1. The molecule has 0 spiro atoms. The molecule has 0 radical (unpaired) electrons. The fraction of sp³-hybridized carbons (Fsp3) is 0.611. The van der Waals surface area contributed by atoms with Gasteiger partial charge < -0.3 is 15.1 Å². The van der Waals surface area contributed by atoms with Crippen LogP contribution in [0.25, 0.3) is 0 Å². The Morgan fingerprint density at radius 1 is 1.24 bits per heavy atom. The zero-order chi connectivity index (χ0) is 17.5. The molecule has 2 rings (SSSR count). The third-order valence-corrected chi connectivity index (χ3v) is 5.15. The van der Waals surface area contributed by atoms with Gasteiger partial charge in [-0.3, -0.25) is 9.89 Å². The van der Waals surface area contributed by atoms with E-state index in [1.54, 1.807) is 0 Å². The third kappa shape index (κ3) is 7.40. The second kappa shape index (κ2) is 11.4. The zero-order valence-corrected chi connectivity index (χ0v) is 19.6. The number of hydrogen-bond acceptors (Lipinski definition) is 3. The van der Waals surface area contributed by atoms with Gasteiger partial charge in [0.25, 0.3) is 0 Å². The molecule has 0 bridgehead atoms. The largest absolute Gasteiger partial charge is 0.355 e. The summed E-state index contributed by atoms with van der Waals surface area (Å²) in [5, 5.41) is 3.52. The SMILES string of the molecule is CN=C(NCC(C)N1CCN(C)CC1)N(C)Cc1ccc(Br)cc1.I. The summed E-state index contributed by atoms with van der Waals surface area (Å²) in [5.74, 6) is 0.943. The number of nitrogens with one attached hydrogen (secondary N) is 1. The summed E-state index contributed by atoms with van der Waals surface area (Å²) in [6, 6.07) is 8.95. The number of nitrogens with zero attached hydrogens (tertiary/aromatic N) is 4. The maximum Gasteiger partial charge on any atom is 0.193 e. The minimum atomic E-state index is 0. The minimum Gasteiger partial charge on any atom is -0.355 e. The van der Waals surface area contributed by atoms with E-state index >= 15 is 0 Å². The Hall–Kier alpha value is -0.380. The first-order valence-electron chi connectivity index (χ1n) is 8.58. The molecule has 1 N–H and O–H groups in total. The van der Waals surface area contributed by atoms with Gasteiger partial charge in [0.05, 0.1) is 0 Å². The molecule has 7 heteroatoms. The van der Waals surface area contributed by atoms with Crippen molar-refractivity contribution in [3.63, 3.8) is 0 Å². The lowest BCUT2D eigenvalue weighted by Crippen LogP contribution is -2.52. The van der Waals surface area contributed by atoms with Crippen LogP contribution >= 0.6 is 39.9 Å². The van der Waals surface area contributed by atoms with Gasteiger partial charge >= 0.3 is 0 Å². The summed E-state index contributed by atoms with van der Waals surface area (Å²) < 4.78 is 1.11. The van der Waals surface area contributed by atoms with E-state index in [2.05, 4.69) is 86.2 Å². The second-order valence-corrected chi connectivity index (χ2v) is 7.51. The van der Waals surface area contributed by atoms with Crippen molar-refractivity contribution in [1.29, 1.82) is 0 Å². The molecule has 1 fully saturated rings. The van der Waals surface area contributed by atoms with Crippen LogP contribution in [0, 0.1) is 0 Å². The van der Waals surface area contributed by atoms with Gasteiger partial charge in [0.2, 0.25) is 0 Å². The Bertz CT molecular complexity index is 529. The Morgan fingerprint density at radius 3 is 2.40 bits per heavy atom. The van der Waals surface area contributed by atoms with E-state index in [0.717, 1.165) is 49.7 Å². The van der Waals surface area contributed by atoms with E-state index < -0.39 is 0 Å². The highest BCUT2D eigenvalue weighted by atomic mass is 127. The molecule has 1 atom stereocenters. The van der Waals surface area contributed by atoms with E-state index in [0.29, 0.717) is 6.04 Å². The average Bonchev–Trinajstić information content (AvgIpc) is 2.58. The fourth-order valence-electron chi connectivity index (χ4n) is 2.95. The summed E-state index contributed by atoms with van der Waals surface area (Å²) in [7, 11) is 6.12. The monoisotopic (exact) mass is 523 g/mol. The van der Waals surface area contributed by atoms with Gasteiger partial charge in [-0.15, -0.1) is 24.0 Å². The number of aliphatic imine (C=N–C) groups is 1. The first-order valence-corrected chi connectivity index (χ1v) is 9.37. The highest BCUT2D eigenvalue weighted by Gasteiger charge is 2.19. The molecular formula is C18H31BrIN5. The number of piperazine rings is 1. The van der Waals surface area contributed by atoms with Gasteiger partial charge in [-0.25, -0.2) is 0 Å². The molecule has 0 amide bonds. The highest BCUT2D eigenvalue weighted by molar-refractivity contribution is 14.0. The normalized spacial score (nSPS) is 17.7. The summed E-state index contributed by atoms with van der Waals surface area (Å²) in [6.07, 6.45) is 0. The molecule has 0 saturated carbocycles. The van der Waals surface area contributed by atoms with Crippen molar-refractivity contribution in [3.05, 3.63) is 34.3 Å². The lowest BCUT2D eigenvalue weighted by atomic mass is 10.2. The fourth-order valence-corrected chi connectivity index (χ4v) is 3.22. The molecule has 1 heterocycles. The maximum absolute atomic E-state index is 4.43. The van der Waals surface area contributed by atoms with E-state index in [9.17, 15) is 0 Å². The molecule has 142 valence electrons. The van der Waals surface area contributed by atoms with Crippen molar-refractivity contribution in [3.8, 4) is 0 Å². The lowest BCUT2D eigenvalue weighted by molar-refractivity contribution is 0.119. The van der Waals surface area contributed by atoms with Gasteiger partial charge in [0.15, 0.2) is 5.96 Å². The number of guanidine groups is 1. The predicted octanol–water partition coefficient (Wildman–Crippen LogP) is 2.71. The molecule has 1 saturated heterocycles. The first-order chi connectivity index (χ1) is 11.5. The van der Waals surface area contributed by atoms with Crippen molar-refractivity contribution in [2.75, 3.05) is 53.9 Å². The number of rotatable bonds is 5. The summed E-state index contributed by atoms with van der Waals surface area (Å²) >= 11 is 3.48. The first kappa shape index (κ1) is 22.7. The molecule has 0 aliphatic carbocycles. The van der Waals surface area contributed by atoms with Gasteiger partial charge in [-0.2, -0.15) is 0 Å². The molecule has 25 heavy (non-hydrogen) atoms. The van der Waals surface area contributed by atoms with Crippen LogP contribution in [-0.4, -0.2) is 80.6 Å². The van der Waals surface area contributed by atoms with Crippen LogP contribution in [0.15, 0.2) is 33.7 Å². The summed E-state index contributed by atoms with van der Waals surface area (Å²) in [4.78, 5) is 11.5. The molecule has 1 unspecified atom stereocenters. The topological polar surface area (TPSA) is 34.1 Å². The van der Waals surface area contributed by atoms with E-state index in [-0.39, 0.29) is 24.0 Å². The molecule has 1 aromatic carbocycles. The molecule has 1 aliphatic rings. The molecule has 1 aliphatic heterocycles. The quantitative estimate of drug-likeness (QED) is 0.365.